The maximum atomic E-state index is 12.1. The molecule has 2 nitrogen and oxygen atoms in total. The van der Waals surface area contributed by atoms with Crippen molar-refractivity contribution in [1.82, 2.24) is 0 Å². The molecule has 0 heterocycles. The van der Waals surface area contributed by atoms with Crippen LogP contribution in [0, 0.1) is 0 Å². The number of hydrogen-bond acceptors (Lipinski definition) is 2. The Balaban J connectivity index is 2.40. The van der Waals surface area contributed by atoms with Gasteiger partial charge in [0.15, 0.2) is 5.78 Å². The number of ketones is 1. The topological polar surface area (TPSA) is 37.3 Å². The molecule has 0 saturated heterocycles. The summed E-state index contributed by atoms with van der Waals surface area (Å²) in [6.45, 7) is 3.67. The van der Waals surface area contributed by atoms with E-state index in [-0.39, 0.29) is 11.5 Å². The standard InChI is InChI=1S/C15H12O2/c1-2-11-5-3-6-12(9-11)15(17)13-7-4-8-14(16)10-13/h2-10,16H,1H2. The van der Waals surface area contributed by atoms with E-state index < -0.39 is 0 Å². The van der Waals surface area contributed by atoms with Crippen molar-refractivity contribution in [2.75, 3.05) is 0 Å². The number of phenols is 1. The molecule has 0 radical (unpaired) electrons. The molecule has 0 unspecified atom stereocenters. The third kappa shape index (κ3) is 2.42. The normalized spacial score (nSPS) is 9.88. The first-order valence-electron chi connectivity index (χ1n) is 5.27. The van der Waals surface area contributed by atoms with Gasteiger partial charge in [0.05, 0.1) is 0 Å². The summed E-state index contributed by atoms with van der Waals surface area (Å²) in [4.78, 5) is 12.1. The van der Waals surface area contributed by atoms with Gasteiger partial charge in [-0.25, -0.2) is 0 Å². The molecule has 84 valence electrons. The second-order valence-corrected chi connectivity index (χ2v) is 3.71. The number of hydrogen-bond donors (Lipinski definition) is 1. The largest absolute Gasteiger partial charge is 0.508 e. The fraction of sp³-hybridized carbons (Fsp3) is 0. The molecule has 0 aromatic heterocycles. The Morgan fingerprint density at radius 3 is 2.35 bits per heavy atom. The van der Waals surface area contributed by atoms with Gasteiger partial charge in [0, 0.05) is 11.1 Å². The zero-order valence-corrected chi connectivity index (χ0v) is 9.26. The molecule has 0 aliphatic heterocycles. The van der Waals surface area contributed by atoms with E-state index in [1.807, 2.05) is 12.1 Å². The summed E-state index contributed by atoms with van der Waals surface area (Å²) in [6.07, 6.45) is 1.69. The second kappa shape index (κ2) is 4.66. The van der Waals surface area contributed by atoms with Crippen LogP contribution < -0.4 is 0 Å². The molecule has 0 amide bonds. The maximum Gasteiger partial charge on any atom is 0.193 e. The van der Waals surface area contributed by atoms with Crippen molar-refractivity contribution in [3.63, 3.8) is 0 Å². The predicted octanol–water partition coefficient (Wildman–Crippen LogP) is 3.27. The summed E-state index contributed by atoms with van der Waals surface area (Å²) in [5.41, 5.74) is 1.97. The van der Waals surface area contributed by atoms with Crippen LogP contribution in [0.1, 0.15) is 21.5 Å². The fourth-order valence-electron chi connectivity index (χ4n) is 1.62. The van der Waals surface area contributed by atoms with Crippen LogP contribution in [0.5, 0.6) is 5.75 Å². The molecule has 0 spiro atoms. The van der Waals surface area contributed by atoms with E-state index in [1.165, 1.54) is 12.1 Å². The van der Waals surface area contributed by atoms with Crippen molar-refractivity contribution in [1.29, 1.82) is 0 Å². The Bertz CT molecular complexity index is 571. The van der Waals surface area contributed by atoms with Gasteiger partial charge in [-0.3, -0.25) is 4.79 Å². The Morgan fingerprint density at radius 2 is 1.71 bits per heavy atom. The average molecular weight is 224 g/mol. The molecule has 0 fully saturated rings. The SMILES string of the molecule is C=Cc1cccc(C(=O)c2cccc(O)c2)c1. The minimum atomic E-state index is -0.107. The number of carbonyl (C=O) groups is 1. The lowest BCUT2D eigenvalue weighted by atomic mass is 10.0. The molecule has 2 heteroatoms. The smallest absolute Gasteiger partial charge is 0.193 e. The Hall–Kier alpha value is -2.35. The number of rotatable bonds is 3. The number of benzene rings is 2. The summed E-state index contributed by atoms with van der Waals surface area (Å²) < 4.78 is 0. The van der Waals surface area contributed by atoms with Crippen LogP contribution in [0.3, 0.4) is 0 Å². The summed E-state index contributed by atoms with van der Waals surface area (Å²) in [7, 11) is 0. The number of carbonyl (C=O) groups excluding carboxylic acids is 1. The van der Waals surface area contributed by atoms with Gasteiger partial charge in [-0.1, -0.05) is 43.0 Å². The second-order valence-electron chi connectivity index (χ2n) is 3.71. The summed E-state index contributed by atoms with van der Waals surface area (Å²) in [5.74, 6) is -0.0136. The minimum absolute atomic E-state index is 0.0933. The van der Waals surface area contributed by atoms with E-state index >= 15 is 0 Å². The number of phenolic OH excluding ortho intramolecular Hbond substituents is 1. The van der Waals surface area contributed by atoms with Gasteiger partial charge >= 0.3 is 0 Å². The van der Waals surface area contributed by atoms with Crippen molar-refractivity contribution < 1.29 is 9.90 Å². The molecule has 2 aromatic rings. The zero-order valence-electron chi connectivity index (χ0n) is 9.26. The first kappa shape index (κ1) is 11.1. The monoisotopic (exact) mass is 224 g/mol. The molecule has 0 atom stereocenters. The predicted molar refractivity (Wildman–Crippen MR) is 68.1 cm³/mol. The van der Waals surface area contributed by atoms with Crippen LogP contribution in [0.4, 0.5) is 0 Å². The molecule has 2 aromatic carbocycles. The van der Waals surface area contributed by atoms with Crippen LogP contribution in [-0.2, 0) is 0 Å². The molecular formula is C15H12O2. The lowest BCUT2D eigenvalue weighted by molar-refractivity contribution is 0.103. The van der Waals surface area contributed by atoms with E-state index in [0.29, 0.717) is 11.1 Å². The number of aromatic hydroxyl groups is 1. The van der Waals surface area contributed by atoms with Crippen LogP contribution in [0.2, 0.25) is 0 Å². The van der Waals surface area contributed by atoms with E-state index in [2.05, 4.69) is 6.58 Å². The summed E-state index contributed by atoms with van der Waals surface area (Å²) >= 11 is 0. The van der Waals surface area contributed by atoms with Crippen LogP contribution in [0.15, 0.2) is 55.1 Å². The fourth-order valence-corrected chi connectivity index (χ4v) is 1.62. The highest BCUT2D eigenvalue weighted by Crippen LogP contribution is 2.16. The first-order valence-corrected chi connectivity index (χ1v) is 5.27. The van der Waals surface area contributed by atoms with Gasteiger partial charge < -0.3 is 5.11 Å². The van der Waals surface area contributed by atoms with Gasteiger partial charge in [-0.15, -0.1) is 0 Å². The minimum Gasteiger partial charge on any atom is -0.508 e. The molecule has 0 aliphatic rings. The molecule has 0 bridgehead atoms. The highest BCUT2D eigenvalue weighted by atomic mass is 16.3. The van der Waals surface area contributed by atoms with Crippen molar-refractivity contribution in [3.8, 4) is 5.75 Å². The average Bonchev–Trinajstić information content (AvgIpc) is 2.38. The van der Waals surface area contributed by atoms with Crippen molar-refractivity contribution in [3.05, 3.63) is 71.8 Å². The van der Waals surface area contributed by atoms with Gasteiger partial charge in [0.1, 0.15) is 5.75 Å². The van der Waals surface area contributed by atoms with Crippen LogP contribution in [-0.4, -0.2) is 10.9 Å². The molecule has 1 N–H and O–H groups in total. The maximum absolute atomic E-state index is 12.1. The summed E-state index contributed by atoms with van der Waals surface area (Å²) in [5, 5.41) is 9.34. The summed E-state index contributed by atoms with van der Waals surface area (Å²) in [6, 6.07) is 13.6. The van der Waals surface area contributed by atoms with Crippen molar-refractivity contribution in [2.24, 2.45) is 0 Å². The van der Waals surface area contributed by atoms with Crippen LogP contribution >= 0.6 is 0 Å². The third-order valence-electron chi connectivity index (χ3n) is 2.49. The Labute approximate surface area is 99.8 Å². The molecular weight excluding hydrogens is 212 g/mol. The first-order chi connectivity index (χ1) is 8.20. The van der Waals surface area contributed by atoms with Crippen molar-refractivity contribution in [2.45, 2.75) is 0 Å². The van der Waals surface area contributed by atoms with Gasteiger partial charge in [0.25, 0.3) is 0 Å². The Morgan fingerprint density at radius 1 is 1.06 bits per heavy atom. The van der Waals surface area contributed by atoms with Gasteiger partial charge in [-0.05, 0) is 23.8 Å². The van der Waals surface area contributed by atoms with E-state index in [1.54, 1.807) is 30.3 Å². The lowest BCUT2D eigenvalue weighted by Gasteiger charge is -2.03. The van der Waals surface area contributed by atoms with E-state index in [9.17, 15) is 9.90 Å². The molecule has 17 heavy (non-hydrogen) atoms. The zero-order chi connectivity index (χ0) is 12.3. The lowest BCUT2D eigenvalue weighted by Crippen LogP contribution is -2.00. The van der Waals surface area contributed by atoms with Crippen molar-refractivity contribution >= 4 is 11.9 Å². The molecule has 0 aliphatic carbocycles. The van der Waals surface area contributed by atoms with Gasteiger partial charge in [0.2, 0.25) is 0 Å². The van der Waals surface area contributed by atoms with Gasteiger partial charge in [-0.2, -0.15) is 0 Å². The highest BCUT2D eigenvalue weighted by molar-refractivity contribution is 6.09. The van der Waals surface area contributed by atoms with E-state index in [4.69, 9.17) is 0 Å². The molecule has 2 rings (SSSR count). The quantitative estimate of drug-likeness (QED) is 0.812. The molecule has 0 saturated carbocycles. The van der Waals surface area contributed by atoms with Crippen LogP contribution in [0.25, 0.3) is 6.08 Å². The van der Waals surface area contributed by atoms with E-state index in [0.717, 1.165) is 5.56 Å². The highest BCUT2D eigenvalue weighted by Gasteiger charge is 2.09. The Kier molecular flexibility index (Phi) is 3.06. The third-order valence-corrected chi connectivity index (χ3v) is 2.49.